The minimum absolute atomic E-state index is 0.300. The van der Waals surface area contributed by atoms with Crippen molar-refractivity contribution >= 4 is 34.1 Å². The van der Waals surface area contributed by atoms with Gasteiger partial charge < -0.3 is 20.1 Å². The number of hydrogen-bond donors (Lipinski definition) is 2. The molecule has 0 saturated carbocycles. The Kier molecular flexibility index (Phi) is 6.43. The van der Waals surface area contributed by atoms with Gasteiger partial charge in [0.25, 0.3) is 0 Å². The van der Waals surface area contributed by atoms with Crippen LogP contribution in [-0.2, 0) is 6.54 Å². The van der Waals surface area contributed by atoms with E-state index in [0.717, 1.165) is 80.5 Å². The number of halogens is 2. The Labute approximate surface area is 214 Å². The predicted octanol–water partition coefficient (Wildman–Crippen LogP) is 3.54. The van der Waals surface area contributed by atoms with Crippen molar-refractivity contribution in [2.45, 2.75) is 6.54 Å². The lowest BCUT2D eigenvalue weighted by Gasteiger charge is -2.36. The van der Waals surface area contributed by atoms with E-state index in [1.54, 1.807) is 18.5 Å². The van der Waals surface area contributed by atoms with Crippen molar-refractivity contribution in [2.75, 3.05) is 62.2 Å². The summed E-state index contributed by atoms with van der Waals surface area (Å²) in [6.07, 6.45) is 4.64. The number of imidazole rings is 1. The van der Waals surface area contributed by atoms with Gasteiger partial charge in [0.15, 0.2) is 5.65 Å². The van der Waals surface area contributed by atoms with Gasteiger partial charge in [0, 0.05) is 76.4 Å². The predicted molar refractivity (Wildman–Crippen MR) is 141 cm³/mol. The van der Waals surface area contributed by atoms with Crippen molar-refractivity contribution in [1.29, 1.82) is 0 Å². The number of hydrogen-bond acceptors (Lipinski definition) is 7. The van der Waals surface area contributed by atoms with E-state index >= 15 is 0 Å². The SMILES string of the molecule is Fc1cncc(CN2CCN(c3c(Cl)cnc4nc(-c5ccc(N6CCNCC6)cc5)[nH]c34)CC2)c1. The van der Waals surface area contributed by atoms with Gasteiger partial charge in [-0.15, -0.1) is 0 Å². The zero-order valence-electron chi connectivity index (χ0n) is 19.9. The summed E-state index contributed by atoms with van der Waals surface area (Å²) in [5, 5.41) is 4.00. The molecule has 2 fully saturated rings. The Morgan fingerprint density at radius 1 is 0.917 bits per heavy atom. The highest BCUT2D eigenvalue weighted by Gasteiger charge is 2.23. The van der Waals surface area contributed by atoms with Gasteiger partial charge >= 0.3 is 0 Å². The van der Waals surface area contributed by atoms with Gasteiger partial charge in [-0.2, -0.15) is 0 Å². The molecule has 0 bridgehead atoms. The number of aromatic nitrogens is 4. The van der Waals surface area contributed by atoms with E-state index in [2.05, 4.69) is 59.2 Å². The van der Waals surface area contributed by atoms with E-state index in [1.807, 2.05) is 0 Å². The standard InChI is InChI=1S/C26H28ClFN8/c27-22-16-31-26-23(24(22)36-11-9-34(10-12-36)17-18-13-20(28)15-30-14-18)32-25(33-26)19-1-3-21(4-2-19)35-7-5-29-6-8-35/h1-4,13-16,29H,5-12,17H2,(H,31,32,33). The van der Waals surface area contributed by atoms with Gasteiger partial charge in [-0.05, 0) is 35.9 Å². The van der Waals surface area contributed by atoms with Crippen LogP contribution in [0.15, 0.2) is 48.9 Å². The van der Waals surface area contributed by atoms with Crippen molar-refractivity contribution in [3.8, 4) is 11.4 Å². The van der Waals surface area contributed by atoms with E-state index in [4.69, 9.17) is 16.6 Å². The molecule has 2 saturated heterocycles. The smallest absolute Gasteiger partial charge is 0.180 e. The van der Waals surface area contributed by atoms with Crippen molar-refractivity contribution in [3.05, 3.63) is 65.3 Å². The number of piperazine rings is 2. The van der Waals surface area contributed by atoms with Gasteiger partial charge in [0.05, 0.1) is 23.1 Å². The molecule has 0 amide bonds. The van der Waals surface area contributed by atoms with E-state index in [1.165, 1.54) is 11.9 Å². The lowest BCUT2D eigenvalue weighted by Crippen LogP contribution is -2.46. The van der Waals surface area contributed by atoms with Crippen molar-refractivity contribution in [2.24, 2.45) is 0 Å². The second-order valence-electron chi connectivity index (χ2n) is 9.30. The monoisotopic (exact) mass is 506 g/mol. The first-order valence-electron chi connectivity index (χ1n) is 12.3. The number of H-pyrrole nitrogens is 1. The molecule has 0 aliphatic carbocycles. The largest absolute Gasteiger partial charge is 0.369 e. The number of anilines is 2. The molecule has 2 aliphatic rings. The molecule has 5 heterocycles. The summed E-state index contributed by atoms with van der Waals surface area (Å²) in [5.74, 6) is 0.482. The van der Waals surface area contributed by atoms with Gasteiger partial charge in [0.1, 0.15) is 17.2 Å². The highest BCUT2D eigenvalue weighted by atomic mass is 35.5. The number of benzene rings is 1. The topological polar surface area (TPSA) is 76.2 Å². The van der Waals surface area contributed by atoms with E-state index in [-0.39, 0.29) is 5.82 Å². The minimum Gasteiger partial charge on any atom is -0.369 e. The van der Waals surface area contributed by atoms with Crippen LogP contribution in [-0.4, -0.2) is 77.2 Å². The van der Waals surface area contributed by atoms with Crippen LogP contribution in [0.3, 0.4) is 0 Å². The molecular weight excluding hydrogens is 479 g/mol. The summed E-state index contributed by atoms with van der Waals surface area (Å²) in [6.45, 7) is 8.01. The van der Waals surface area contributed by atoms with Crippen LogP contribution in [0.25, 0.3) is 22.6 Å². The molecule has 0 atom stereocenters. The van der Waals surface area contributed by atoms with Gasteiger partial charge in [-0.1, -0.05) is 11.6 Å². The van der Waals surface area contributed by atoms with Crippen LogP contribution in [0.5, 0.6) is 0 Å². The molecule has 0 spiro atoms. The van der Waals surface area contributed by atoms with E-state index in [9.17, 15) is 4.39 Å². The molecule has 6 rings (SSSR count). The number of rotatable bonds is 5. The first-order valence-corrected chi connectivity index (χ1v) is 12.7. The van der Waals surface area contributed by atoms with Gasteiger partial charge in [0.2, 0.25) is 0 Å². The number of aromatic amines is 1. The van der Waals surface area contributed by atoms with Crippen LogP contribution < -0.4 is 15.1 Å². The highest BCUT2D eigenvalue weighted by molar-refractivity contribution is 6.34. The molecule has 36 heavy (non-hydrogen) atoms. The average molecular weight is 507 g/mol. The van der Waals surface area contributed by atoms with Gasteiger partial charge in [-0.3, -0.25) is 9.88 Å². The van der Waals surface area contributed by atoms with Crippen molar-refractivity contribution in [3.63, 3.8) is 0 Å². The molecule has 186 valence electrons. The second-order valence-corrected chi connectivity index (χ2v) is 9.70. The molecule has 2 aliphatic heterocycles. The maximum atomic E-state index is 13.5. The first kappa shape index (κ1) is 23.1. The zero-order valence-corrected chi connectivity index (χ0v) is 20.7. The molecule has 1 aromatic carbocycles. The fraction of sp³-hybridized carbons (Fsp3) is 0.346. The molecule has 0 unspecified atom stereocenters. The fourth-order valence-corrected chi connectivity index (χ4v) is 5.31. The summed E-state index contributed by atoms with van der Waals surface area (Å²) in [4.78, 5) is 23.7. The number of nitrogens with zero attached hydrogens (tertiary/aromatic N) is 6. The number of fused-ring (bicyclic) bond motifs is 1. The summed E-state index contributed by atoms with van der Waals surface area (Å²) in [5.41, 5.74) is 5.57. The third-order valence-corrected chi connectivity index (χ3v) is 7.20. The molecule has 8 nitrogen and oxygen atoms in total. The van der Waals surface area contributed by atoms with Gasteiger partial charge in [-0.25, -0.2) is 14.4 Å². The maximum absolute atomic E-state index is 13.5. The Hall–Kier alpha value is -3.27. The summed E-state index contributed by atoms with van der Waals surface area (Å²) < 4.78 is 13.5. The number of pyridine rings is 2. The van der Waals surface area contributed by atoms with Crippen LogP contribution in [0.2, 0.25) is 5.02 Å². The molecule has 10 heteroatoms. The third kappa shape index (κ3) is 4.74. The quantitative estimate of drug-likeness (QED) is 0.429. The third-order valence-electron chi connectivity index (χ3n) is 6.93. The zero-order chi connectivity index (χ0) is 24.5. The van der Waals surface area contributed by atoms with E-state index < -0.39 is 0 Å². The molecular formula is C26H28ClFN8. The highest BCUT2D eigenvalue weighted by Crippen LogP contribution is 2.34. The van der Waals surface area contributed by atoms with E-state index in [0.29, 0.717) is 17.2 Å². The molecule has 0 radical (unpaired) electrons. The normalized spacial score (nSPS) is 17.2. The Morgan fingerprint density at radius 3 is 2.44 bits per heavy atom. The van der Waals surface area contributed by atoms with Crippen LogP contribution in [0, 0.1) is 5.82 Å². The summed E-state index contributed by atoms with van der Waals surface area (Å²) in [7, 11) is 0. The van der Waals surface area contributed by atoms with Crippen molar-refractivity contribution < 1.29 is 4.39 Å². The average Bonchev–Trinajstić information content (AvgIpc) is 3.34. The fourth-order valence-electron chi connectivity index (χ4n) is 5.05. The van der Waals surface area contributed by atoms with Crippen molar-refractivity contribution in [1.82, 2.24) is 30.2 Å². The summed E-state index contributed by atoms with van der Waals surface area (Å²) >= 11 is 6.66. The Balaban J connectivity index is 1.20. The second kappa shape index (κ2) is 10.0. The first-order chi connectivity index (χ1) is 17.6. The van der Waals surface area contributed by atoms with Crippen LogP contribution in [0.4, 0.5) is 15.8 Å². The lowest BCUT2D eigenvalue weighted by atomic mass is 10.1. The van der Waals surface area contributed by atoms with Crippen LogP contribution in [0.1, 0.15) is 5.56 Å². The minimum atomic E-state index is -0.300. The number of nitrogens with one attached hydrogen (secondary N) is 2. The van der Waals surface area contributed by atoms with Crippen LogP contribution >= 0.6 is 11.6 Å². The molecule has 3 aromatic heterocycles. The summed E-state index contributed by atoms with van der Waals surface area (Å²) in [6, 6.07) is 10.1. The lowest BCUT2D eigenvalue weighted by molar-refractivity contribution is 0.249. The maximum Gasteiger partial charge on any atom is 0.180 e. The Morgan fingerprint density at radius 2 is 1.69 bits per heavy atom. The Bertz CT molecular complexity index is 1340. The molecule has 2 N–H and O–H groups in total. The molecule has 4 aromatic rings.